The van der Waals surface area contributed by atoms with E-state index in [4.69, 9.17) is 23.2 Å². The summed E-state index contributed by atoms with van der Waals surface area (Å²) in [6.07, 6.45) is -1.21. The fourth-order valence-corrected chi connectivity index (χ4v) is 5.75. The normalized spacial score (nSPS) is 15.8. The molecule has 0 heterocycles. The van der Waals surface area contributed by atoms with Gasteiger partial charge in [-0.2, -0.15) is 13.2 Å². The van der Waals surface area contributed by atoms with Gasteiger partial charge in [0.15, 0.2) is 0 Å². The average molecular weight is 594 g/mol. The number of fused-ring (bicyclic) bond motifs is 1. The van der Waals surface area contributed by atoms with Gasteiger partial charge in [-0.15, -0.1) is 0 Å². The summed E-state index contributed by atoms with van der Waals surface area (Å²) in [6.45, 7) is 1.43. The van der Waals surface area contributed by atoms with Crippen molar-refractivity contribution in [1.29, 1.82) is 0 Å². The molecule has 0 aliphatic heterocycles. The van der Waals surface area contributed by atoms with Crippen LogP contribution in [0.15, 0.2) is 48.5 Å². The molecule has 1 saturated carbocycles. The SMILES string of the molecule is C[C@@](NC(=O)c1cc2ccccc2cc1NC(=O)Cc1c(Cl)cc(C(F)(F)F)cc1Cl)(C(=O)[O-])C1CCCCC1. The highest BCUT2D eigenvalue weighted by Gasteiger charge is 2.38. The second-order valence-corrected chi connectivity index (χ2v) is 11.0. The molecular weight excluding hydrogens is 568 g/mol. The first kappa shape index (κ1) is 29.7. The van der Waals surface area contributed by atoms with Gasteiger partial charge < -0.3 is 20.5 Å². The number of alkyl halides is 3. The zero-order chi connectivity index (χ0) is 29.2. The first-order chi connectivity index (χ1) is 18.8. The molecule has 0 unspecified atom stereocenters. The fourth-order valence-electron chi connectivity index (χ4n) is 5.12. The summed E-state index contributed by atoms with van der Waals surface area (Å²) >= 11 is 12.1. The molecule has 2 amide bonds. The lowest BCUT2D eigenvalue weighted by molar-refractivity contribution is -0.315. The third kappa shape index (κ3) is 6.36. The predicted molar refractivity (Wildman–Crippen MR) is 145 cm³/mol. The highest BCUT2D eigenvalue weighted by molar-refractivity contribution is 6.36. The minimum Gasteiger partial charge on any atom is -0.548 e. The summed E-state index contributed by atoms with van der Waals surface area (Å²) in [6, 6.07) is 11.6. The van der Waals surface area contributed by atoms with E-state index >= 15 is 0 Å². The number of benzene rings is 3. The van der Waals surface area contributed by atoms with Crippen LogP contribution in [0.3, 0.4) is 0 Å². The molecule has 0 radical (unpaired) electrons. The lowest BCUT2D eigenvalue weighted by Gasteiger charge is -2.41. The topological polar surface area (TPSA) is 98.3 Å². The van der Waals surface area contributed by atoms with Crippen LogP contribution in [0.1, 0.15) is 60.5 Å². The van der Waals surface area contributed by atoms with Gasteiger partial charge in [0.05, 0.1) is 34.7 Å². The molecule has 0 saturated heterocycles. The van der Waals surface area contributed by atoms with Gasteiger partial charge in [-0.1, -0.05) is 66.7 Å². The average Bonchev–Trinajstić information content (AvgIpc) is 2.90. The molecule has 40 heavy (non-hydrogen) atoms. The van der Waals surface area contributed by atoms with E-state index in [-0.39, 0.29) is 32.8 Å². The van der Waals surface area contributed by atoms with Crippen molar-refractivity contribution in [1.82, 2.24) is 5.32 Å². The van der Waals surface area contributed by atoms with Crippen molar-refractivity contribution in [2.45, 2.75) is 57.2 Å². The van der Waals surface area contributed by atoms with Crippen molar-refractivity contribution in [3.8, 4) is 0 Å². The Morgan fingerprint density at radius 3 is 2.08 bits per heavy atom. The van der Waals surface area contributed by atoms with Gasteiger partial charge in [-0.25, -0.2) is 0 Å². The van der Waals surface area contributed by atoms with Crippen LogP contribution in [0.4, 0.5) is 18.9 Å². The van der Waals surface area contributed by atoms with Crippen molar-refractivity contribution in [2.75, 3.05) is 5.32 Å². The van der Waals surface area contributed by atoms with E-state index in [2.05, 4.69) is 10.6 Å². The van der Waals surface area contributed by atoms with Crippen LogP contribution in [0.5, 0.6) is 0 Å². The first-order valence-corrected chi connectivity index (χ1v) is 13.5. The minimum atomic E-state index is -4.67. The maximum Gasteiger partial charge on any atom is 0.416 e. The molecule has 1 aliphatic carbocycles. The Labute approximate surface area is 238 Å². The number of anilines is 1. The first-order valence-electron chi connectivity index (χ1n) is 12.7. The summed E-state index contributed by atoms with van der Waals surface area (Å²) in [5, 5.41) is 18.2. The Balaban J connectivity index is 1.65. The third-order valence-corrected chi connectivity index (χ3v) is 8.10. The van der Waals surface area contributed by atoms with Gasteiger partial charge >= 0.3 is 6.18 Å². The molecule has 0 aromatic heterocycles. The number of carbonyl (C=O) groups excluding carboxylic acids is 3. The maximum absolute atomic E-state index is 13.5. The number of carbonyl (C=O) groups is 3. The van der Waals surface area contributed by atoms with Crippen molar-refractivity contribution < 1.29 is 32.7 Å². The molecule has 1 aliphatic rings. The Kier molecular flexibility index (Phi) is 8.66. The van der Waals surface area contributed by atoms with Gasteiger partial charge in [0.2, 0.25) is 5.91 Å². The van der Waals surface area contributed by atoms with Crippen LogP contribution < -0.4 is 15.7 Å². The van der Waals surface area contributed by atoms with Crippen LogP contribution in [0.25, 0.3) is 10.8 Å². The number of aliphatic carboxylic acids is 1. The Bertz CT molecular complexity index is 1450. The molecule has 6 nitrogen and oxygen atoms in total. The fraction of sp³-hybridized carbons (Fsp3) is 0.345. The summed E-state index contributed by atoms with van der Waals surface area (Å²) < 4.78 is 39.3. The molecule has 1 atom stereocenters. The van der Waals surface area contributed by atoms with Crippen molar-refractivity contribution in [2.24, 2.45) is 5.92 Å². The molecule has 11 heteroatoms. The van der Waals surface area contributed by atoms with E-state index < -0.39 is 41.5 Å². The Morgan fingerprint density at radius 1 is 0.950 bits per heavy atom. The number of carboxylic acid groups (broad SMARTS) is 1. The van der Waals surface area contributed by atoms with E-state index in [1.54, 1.807) is 30.3 Å². The van der Waals surface area contributed by atoms with Gasteiger partial charge in [0, 0.05) is 10.0 Å². The van der Waals surface area contributed by atoms with E-state index in [0.717, 1.165) is 19.3 Å². The van der Waals surface area contributed by atoms with E-state index in [1.165, 1.54) is 13.0 Å². The zero-order valence-corrected chi connectivity index (χ0v) is 23.0. The molecule has 1 fully saturated rings. The lowest BCUT2D eigenvalue weighted by atomic mass is 9.75. The smallest absolute Gasteiger partial charge is 0.416 e. The number of halogens is 5. The monoisotopic (exact) mass is 593 g/mol. The number of carboxylic acids is 1. The van der Waals surface area contributed by atoms with E-state index in [1.807, 2.05) is 0 Å². The minimum absolute atomic E-state index is 0.0116. The van der Waals surface area contributed by atoms with Gasteiger partial charge in [0.25, 0.3) is 5.91 Å². The molecule has 212 valence electrons. The largest absolute Gasteiger partial charge is 0.548 e. The zero-order valence-electron chi connectivity index (χ0n) is 21.5. The molecule has 0 bridgehead atoms. The van der Waals surface area contributed by atoms with E-state index in [0.29, 0.717) is 35.7 Å². The van der Waals surface area contributed by atoms with Gasteiger partial charge in [-0.3, -0.25) is 9.59 Å². The lowest BCUT2D eigenvalue weighted by Crippen LogP contribution is -2.62. The van der Waals surface area contributed by atoms with E-state index in [9.17, 15) is 32.7 Å². The van der Waals surface area contributed by atoms with Crippen molar-refractivity contribution >= 4 is 57.4 Å². The summed E-state index contributed by atoms with van der Waals surface area (Å²) in [5.41, 5.74) is -2.59. The highest BCUT2D eigenvalue weighted by Crippen LogP contribution is 2.37. The van der Waals surface area contributed by atoms with Crippen LogP contribution in [0.2, 0.25) is 10.0 Å². The summed E-state index contributed by atoms with van der Waals surface area (Å²) in [5.74, 6) is -3.13. The Morgan fingerprint density at radius 2 is 1.52 bits per heavy atom. The highest BCUT2D eigenvalue weighted by atomic mass is 35.5. The van der Waals surface area contributed by atoms with Gasteiger partial charge in [-0.05, 0) is 66.3 Å². The summed E-state index contributed by atoms with van der Waals surface area (Å²) in [7, 11) is 0. The standard InChI is InChI=1S/C29H27Cl2F3N2O4/c1-28(27(39)40,18-9-3-2-4-10-18)36-26(38)21-11-16-7-5-6-8-17(16)12-24(21)35-25(37)15-20-22(30)13-19(14-23(20)31)29(32,33)34/h5-8,11-14,18H,2-4,9-10,15H2,1H3,(H,35,37)(H,36,38)(H,39,40)/p-1/t28-/m0/s1. The Hall–Kier alpha value is -3.30. The van der Waals surface area contributed by atoms with Crippen LogP contribution in [-0.2, 0) is 22.2 Å². The molecule has 3 aromatic carbocycles. The van der Waals surface area contributed by atoms with Gasteiger partial charge in [0.1, 0.15) is 0 Å². The molecule has 3 aromatic rings. The number of hydrogen-bond acceptors (Lipinski definition) is 4. The molecule has 2 N–H and O–H groups in total. The van der Waals surface area contributed by atoms with Crippen molar-refractivity contribution in [3.05, 3.63) is 75.3 Å². The van der Waals surface area contributed by atoms with Crippen molar-refractivity contribution in [3.63, 3.8) is 0 Å². The maximum atomic E-state index is 13.5. The van der Waals surface area contributed by atoms with Crippen LogP contribution in [0, 0.1) is 5.92 Å². The number of rotatable bonds is 7. The second kappa shape index (κ2) is 11.7. The van der Waals surface area contributed by atoms with Crippen LogP contribution in [-0.4, -0.2) is 23.3 Å². The third-order valence-electron chi connectivity index (χ3n) is 7.43. The summed E-state index contributed by atoms with van der Waals surface area (Å²) in [4.78, 5) is 38.8. The molecule has 4 rings (SSSR count). The number of hydrogen-bond donors (Lipinski definition) is 2. The number of nitrogens with one attached hydrogen (secondary N) is 2. The molecule has 0 spiro atoms. The quantitative estimate of drug-likeness (QED) is 0.342. The number of amides is 2. The van der Waals surface area contributed by atoms with Crippen LogP contribution >= 0.6 is 23.2 Å². The molecular formula is C29H26Cl2F3N2O4-. The predicted octanol–water partition coefficient (Wildman–Crippen LogP) is 6.17. The second-order valence-electron chi connectivity index (χ2n) is 10.2.